The zero-order valence-electron chi connectivity index (χ0n) is 15.4. The zero-order chi connectivity index (χ0) is 20.4. The van der Waals surface area contributed by atoms with Crippen molar-refractivity contribution in [2.45, 2.75) is 63.0 Å². The second kappa shape index (κ2) is 8.54. The number of hydrogen-bond donors (Lipinski definition) is 5. The molecule has 0 spiro atoms. The highest BCUT2D eigenvalue weighted by molar-refractivity contribution is 5.96. The predicted molar refractivity (Wildman–Crippen MR) is 95.5 cm³/mol. The largest absolute Gasteiger partial charge is 0.480 e. The van der Waals surface area contributed by atoms with Crippen molar-refractivity contribution in [2.24, 2.45) is 0 Å². The van der Waals surface area contributed by atoms with Crippen LogP contribution in [0.15, 0.2) is 18.2 Å². The standard InChI is InChI=1S/C19H25NO8/c1-9-15(23)16(24)17(25)19(27-9)28-13-4-2-3-10-5-6-11(7-12(10)13)18(26)20-8-14(21)22/h5-7,9,13,15-17,19,23-25H,2-4,8H2,1H3,(H,20,26)(H,21,22)/t9-,13?,15+,16+,17-,19-/m0/s1. The number of amides is 1. The summed E-state index contributed by atoms with van der Waals surface area (Å²) in [6.07, 6.45) is -4.02. The summed E-state index contributed by atoms with van der Waals surface area (Å²) in [6.45, 7) is 1.10. The molecule has 9 nitrogen and oxygen atoms in total. The summed E-state index contributed by atoms with van der Waals surface area (Å²) in [5, 5.41) is 41.0. The van der Waals surface area contributed by atoms with E-state index in [1.165, 1.54) is 0 Å². The van der Waals surface area contributed by atoms with Crippen LogP contribution < -0.4 is 5.32 Å². The summed E-state index contributed by atoms with van der Waals surface area (Å²) in [4.78, 5) is 22.8. The molecule has 0 bridgehead atoms. The van der Waals surface area contributed by atoms with E-state index in [4.69, 9.17) is 14.6 Å². The third-order valence-corrected chi connectivity index (χ3v) is 5.17. The average molecular weight is 395 g/mol. The van der Waals surface area contributed by atoms with E-state index in [-0.39, 0.29) is 0 Å². The lowest BCUT2D eigenvalue weighted by Gasteiger charge is -2.41. The number of nitrogens with one attached hydrogen (secondary N) is 1. The van der Waals surface area contributed by atoms with Gasteiger partial charge in [0.05, 0.1) is 12.2 Å². The maximum atomic E-state index is 12.2. The smallest absolute Gasteiger partial charge is 0.322 e. The van der Waals surface area contributed by atoms with Crippen LogP contribution in [-0.2, 0) is 20.7 Å². The summed E-state index contributed by atoms with van der Waals surface area (Å²) >= 11 is 0. The Morgan fingerprint density at radius 1 is 1.21 bits per heavy atom. The van der Waals surface area contributed by atoms with E-state index in [1.54, 1.807) is 25.1 Å². The van der Waals surface area contributed by atoms with Gasteiger partial charge in [-0.3, -0.25) is 9.59 Å². The van der Waals surface area contributed by atoms with Gasteiger partial charge in [-0.05, 0) is 49.4 Å². The maximum Gasteiger partial charge on any atom is 0.322 e. The number of carboxylic acid groups (broad SMARTS) is 1. The van der Waals surface area contributed by atoms with Crippen LogP contribution in [0, 0.1) is 0 Å². The Morgan fingerprint density at radius 3 is 2.68 bits per heavy atom. The Balaban J connectivity index is 1.77. The van der Waals surface area contributed by atoms with Crippen molar-refractivity contribution in [2.75, 3.05) is 6.54 Å². The molecule has 0 saturated carbocycles. The topological polar surface area (TPSA) is 146 Å². The molecule has 0 aromatic heterocycles. The van der Waals surface area contributed by atoms with Crippen LogP contribution in [-0.4, -0.2) is 69.6 Å². The lowest BCUT2D eigenvalue weighted by Crippen LogP contribution is -2.57. The molecule has 28 heavy (non-hydrogen) atoms. The average Bonchev–Trinajstić information content (AvgIpc) is 2.68. The highest BCUT2D eigenvalue weighted by Crippen LogP contribution is 2.36. The van der Waals surface area contributed by atoms with Crippen molar-refractivity contribution in [3.63, 3.8) is 0 Å². The highest BCUT2D eigenvalue weighted by Gasteiger charge is 2.43. The third-order valence-electron chi connectivity index (χ3n) is 5.17. The number of rotatable bonds is 5. The zero-order valence-corrected chi connectivity index (χ0v) is 15.4. The molecule has 154 valence electrons. The Labute approximate surface area is 161 Å². The van der Waals surface area contributed by atoms with Gasteiger partial charge < -0.3 is 35.2 Å². The minimum absolute atomic E-state index is 0.310. The van der Waals surface area contributed by atoms with Crippen LogP contribution in [0.5, 0.6) is 0 Å². The van der Waals surface area contributed by atoms with Gasteiger partial charge in [0, 0.05) is 5.56 Å². The number of carboxylic acids is 1. The summed E-state index contributed by atoms with van der Waals surface area (Å²) in [5.41, 5.74) is 2.06. The van der Waals surface area contributed by atoms with Gasteiger partial charge in [-0.15, -0.1) is 0 Å². The van der Waals surface area contributed by atoms with Crippen molar-refractivity contribution >= 4 is 11.9 Å². The van der Waals surface area contributed by atoms with Crippen LogP contribution in [0.2, 0.25) is 0 Å². The monoisotopic (exact) mass is 395 g/mol. The van der Waals surface area contributed by atoms with Crippen molar-refractivity contribution in [1.82, 2.24) is 5.32 Å². The molecule has 2 aliphatic rings. The molecule has 1 heterocycles. The molecule has 3 rings (SSSR count). The predicted octanol–water partition coefficient (Wildman–Crippen LogP) is -0.277. The Morgan fingerprint density at radius 2 is 1.96 bits per heavy atom. The molecule has 0 radical (unpaired) electrons. The molecule has 9 heteroatoms. The minimum Gasteiger partial charge on any atom is -0.480 e. The second-order valence-electron chi connectivity index (χ2n) is 7.19. The normalized spacial score (nSPS) is 32.4. The number of hydrogen-bond acceptors (Lipinski definition) is 7. The van der Waals surface area contributed by atoms with Gasteiger partial charge in [-0.2, -0.15) is 0 Å². The Bertz CT molecular complexity index is 739. The van der Waals surface area contributed by atoms with Crippen molar-refractivity contribution in [1.29, 1.82) is 0 Å². The van der Waals surface area contributed by atoms with Crippen LogP contribution in [0.3, 0.4) is 0 Å². The summed E-state index contributed by atoms with van der Waals surface area (Å²) < 4.78 is 11.4. The van der Waals surface area contributed by atoms with Gasteiger partial charge in [-0.1, -0.05) is 6.07 Å². The summed E-state index contributed by atoms with van der Waals surface area (Å²) in [5.74, 6) is -1.64. The number of aliphatic hydroxyl groups excluding tert-OH is 3. The van der Waals surface area contributed by atoms with Gasteiger partial charge in [0.2, 0.25) is 0 Å². The number of ether oxygens (including phenoxy) is 2. The highest BCUT2D eigenvalue weighted by atomic mass is 16.7. The van der Waals surface area contributed by atoms with E-state index in [0.717, 1.165) is 24.0 Å². The van der Waals surface area contributed by atoms with Crippen LogP contribution in [0.25, 0.3) is 0 Å². The molecular formula is C19H25NO8. The molecule has 6 atom stereocenters. The molecule has 1 aliphatic carbocycles. The SMILES string of the molecule is C[C@@H]1O[C@@H](OC2CCCc3ccc(C(=O)NCC(=O)O)cc32)[C@@H](O)[C@H](O)[C@@H]1O. The molecule has 1 saturated heterocycles. The first-order valence-electron chi connectivity index (χ1n) is 9.26. The Kier molecular flexibility index (Phi) is 6.31. The van der Waals surface area contributed by atoms with Crippen molar-refractivity contribution < 1.29 is 39.5 Å². The number of aliphatic hydroxyl groups is 3. The van der Waals surface area contributed by atoms with Gasteiger partial charge in [0.15, 0.2) is 6.29 Å². The molecule has 1 amide bonds. The number of carbonyl (C=O) groups is 2. The lowest BCUT2D eigenvalue weighted by molar-refractivity contribution is -0.306. The first-order chi connectivity index (χ1) is 13.3. The van der Waals surface area contributed by atoms with Crippen LogP contribution in [0.1, 0.15) is 47.4 Å². The molecule has 1 aromatic rings. The van der Waals surface area contributed by atoms with Gasteiger partial charge in [-0.25, -0.2) is 0 Å². The number of carbonyl (C=O) groups excluding carboxylic acids is 1. The van der Waals surface area contributed by atoms with E-state index < -0.39 is 55.2 Å². The summed E-state index contributed by atoms with van der Waals surface area (Å²) in [6, 6.07) is 5.09. The number of aryl methyl sites for hydroxylation is 1. The van der Waals surface area contributed by atoms with Gasteiger partial charge >= 0.3 is 5.97 Å². The lowest BCUT2D eigenvalue weighted by atomic mass is 9.87. The summed E-state index contributed by atoms with van der Waals surface area (Å²) in [7, 11) is 0. The molecule has 1 aliphatic heterocycles. The number of fused-ring (bicyclic) bond motifs is 1. The number of benzene rings is 1. The van der Waals surface area contributed by atoms with E-state index in [9.17, 15) is 24.9 Å². The second-order valence-corrected chi connectivity index (χ2v) is 7.19. The first kappa shape index (κ1) is 20.7. The fraction of sp³-hybridized carbons (Fsp3) is 0.579. The Hall–Kier alpha value is -2.04. The fourth-order valence-electron chi connectivity index (χ4n) is 3.58. The molecule has 5 N–H and O–H groups in total. The molecule has 1 aromatic carbocycles. The van der Waals surface area contributed by atoms with Crippen molar-refractivity contribution in [3.8, 4) is 0 Å². The van der Waals surface area contributed by atoms with E-state index in [2.05, 4.69) is 5.32 Å². The van der Waals surface area contributed by atoms with E-state index in [1.807, 2.05) is 0 Å². The van der Waals surface area contributed by atoms with Crippen molar-refractivity contribution in [3.05, 3.63) is 34.9 Å². The molecule has 1 unspecified atom stereocenters. The molecule has 1 fully saturated rings. The van der Waals surface area contributed by atoms with Gasteiger partial charge in [0.25, 0.3) is 5.91 Å². The van der Waals surface area contributed by atoms with Crippen LogP contribution >= 0.6 is 0 Å². The molecular weight excluding hydrogens is 370 g/mol. The van der Waals surface area contributed by atoms with Gasteiger partial charge in [0.1, 0.15) is 24.9 Å². The van der Waals surface area contributed by atoms with Crippen LogP contribution in [0.4, 0.5) is 0 Å². The quantitative estimate of drug-likeness (QED) is 0.458. The maximum absolute atomic E-state index is 12.2. The minimum atomic E-state index is -1.40. The third kappa shape index (κ3) is 4.34. The van der Waals surface area contributed by atoms with E-state index in [0.29, 0.717) is 12.0 Å². The van der Waals surface area contributed by atoms with E-state index >= 15 is 0 Å². The fourth-order valence-corrected chi connectivity index (χ4v) is 3.58. The number of aliphatic carboxylic acids is 1. The first-order valence-corrected chi connectivity index (χ1v) is 9.26.